The van der Waals surface area contributed by atoms with Crippen LogP contribution in [-0.4, -0.2) is 43.9 Å². The first-order valence-corrected chi connectivity index (χ1v) is 6.85. The minimum atomic E-state index is 0.0897. The Kier molecular flexibility index (Phi) is 5.34. The van der Waals surface area contributed by atoms with Crippen molar-refractivity contribution in [3.05, 3.63) is 35.4 Å². The zero-order valence-electron chi connectivity index (χ0n) is 11.8. The molecule has 0 bridgehead atoms. The van der Waals surface area contributed by atoms with Crippen LogP contribution >= 0.6 is 0 Å². The molecule has 2 atom stereocenters. The van der Waals surface area contributed by atoms with Gasteiger partial charge in [0.15, 0.2) is 0 Å². The van der Waals surface area contributed by atoms with E-state index in [2.05, 4.69) is 29.2 Å². The minimum absolute atomic E-state index is 0.0897. The molecule has 0 amide bonds. The zero-order chi connectivity index (χ0) is 13.7. The van der Waals surface area contributed by atoms with Gasteiger partial charge in [-0.3, -0.25) is 4.90 Å². The fraction of sp³-hybridized carbons (Fsp3) is 0.600. The number of hydrogen-bond donors (Lipinski definition) is 1. The van der Waals surface area contributed by atoms with Crippen molar-refractivity contribution in [2.24, 2.45) is 5.73 Å². The lowest BCUT2D eigenvalue weighted by Gasteiger charge is -2.34. The molecule has 4 nitrogen and oxygen atoms in total. The summed E-state index contributed by atoms with van der Waals surface area (Å²) in [6, 6.07) is 8.69. The predicted octanol–water partition coefficient (Wildman–Crippen LogP) is 1.38. The van der Waals surface area contributed by atoms with Crippen molar-refractivity contribution in [1.29, 1.82) is 0 Å². The second kappa shape index (κ2) is 7.01. The molecule has 106 valence electrons. The van der Waals surface area contributed by atoms with Gasteiger partial charge in [-0.2, -0.15) is 0 Å². The lowest BCUT2D eigenvalue weighted by atomic mass is 10.1. The molecule has 1 aliphatic rings. The fourth-order valence-corrected chi connectivity index (χ4v) is 2.36. The molecule has 2 N–H and O–H groups in total. The summed E-state index contributed by atoms with van der Waals surface area (Å²) in [5.41, 5.74) is 8.44. The summed E-state index contributed by atoms with van der Waals surface area (Å²) in [4.78, 5) is 2.41. The summed E-state index contributed by atoms with van der Waals surface area (Å²) in [6.07, 6.45) is 0.154. The third-order valence-corrected chi connectivity index (χ3v) is 3.50. The molecular weight excluding hydrogens is 240 g/mol. The van der Waals surface area contributed by atoms with Crippen molar-refractivity contribution in [1.82, 2.24) is 4.90 Å². The van der Waals surface area contributed by atoms with Gasteiger partial charge in [0.25, 0.3) is 0 Å². The normalized spacial score (nSPS) is 22.4. The maximum atomic E-state index is 5.91. The van der Waals surface area contributed by atoms with Crippen molar-refractivity contribution in [2.75, 3.05) is 26.8 Å². The van der Waals surface area contributed by atoms with Crippen LogP contribution in [0, 0.1) is 0 Å². The molecule has 19 heavy (non-hydrogen) atoms. The lowest BCUT2D eigenvalue weighted by Crippen LogP contribution is -2.49. The van der Waals surface area contributed by atoms with Crippen LogP contribution in [0.3, 0.4) is 0 Å². The van der Waals surface area contributed by atoms with E-state index in [0.29, 0.717) is 6.61 Å². The Bertz CT molecular complexity index is 378. The fourth-order valence-electron chi connectivity index (χ4n) is 2.36. The highest BCUT2D eigenvalue weighted by Gasteiger charge is 2.23. The average molecular weight is 264 g/mol. The van der Waals surface area contributed by atoms with Gasteiger partial charge in [-0.05, 0) is 18.1 Å². The van der Waals surface area contributed by atoms with E-state index in [1.54, 1.807) is 7.11 Å². The topological polar surface area (TPSA) is 47.7 Å². The van der Waals surface area contributed by atoms with Gasteiger partial charge in [-0.25, -0.2) is 0 Å². The van der Waals surface area contributed by atoms with E-state index < -0.39 is 0 Å². The van der Waals surface area contributed by atoms with Crippen molar-refractivity contribution in [3.63, 3.8) is 0 Å². The first-order chi connectivity index (χ1) is 9.19. The van der Waals surface area contributed by atoms with Crippen LogP contribution in [0.4, 0.5) is 0 Å². The molecule has 0 aromatic heterocycles. The molecular formula is C15H24N2O2. The second-order valence-corrected chi connectivity index (χ2v) is 5.25. The average Bonchev–Trinajstić information content (AvgIpc) is 2.42. The summed E-state index contributed by atoms with van der Waals surface area (Å²) in [7, 11) is 1.72. The Labute approximate surface area is 115 Å². The van der Waals surface area contributed by atoms with Gasteiger partial charge in [0.1, 0.15) is 0 Å². The first-order valence-electron chi connectivity index (χ1n) is 6.85. The van der Waals surface area contributed by atoms with Gasteiger partial charge in [0, 0.05) is 32.8 Å². The molecule has 2 rings (SSSR count). The molecule has 1 saturated heterocycles. The van der Waals surface area contributed by atoms with Crippen LogP contribution in [0.25, 0.3) is 0 Å². The smallest absolute Gasteiger partial charge is 0.0850 e. The highest BCUT2D eigenvalue weighted by atomic mass is 16.5. The number of hydrogen-bond acceptors (Lipinski definition) is 4. The minimum Gasteiger partial charge on any atom is -0.380 e. The van der Waals surface area contributed by atoms with Crippen LogP contribution < -0.4 is 5.73 Å². The Morgan fingerprint density at radius 2 is 2.05 bits per heavy atom. The molecule has 0 radical (unpaired) electrons. The molecule has 1 aromatic carbocycles. The Hall–Kier alpha value is -0.940. The summed E-state index contributed by atoms with van der Waals surface area (Å²) in [5, 5.41) is 0. The quantitative estimate of drug-likeness (QED) is 0.873. The number of morpholine rings is 1. The molecule has 1 aliphatic heterocycles. The Morgan fingerprint density at radius 1 is 1.37 bits per heavy atom. The van der Waals surface area contributed by atoms with Crippen molar-refractivity contribution in [3.8, 4) is 0 Å². The van der Waals surface area contributed by atoms with E-state index in [9.17, 15) is 0 Å². The van der Waals surface area contributed by atoms with Crippen molar-refractivity contribution >= 4 is 0 Å². The van der Waals surface area contributed by atoms with Gasteiger partial charge in [-0.1, -0.05) is 24.3 Å². The number of rotatable bonds is 5. The molecule has 2 unspecified atom stereocenters. The first kappa shape index (κ1) is 14.5. The number of methoxy groups -OCH3 is 1. The van der Waals surface area contributed by atoms with Crippen LogP contribution in [0.5, 0.6) is 0 Å². The lowest BCUT2D eigenvalue weighted by molar-refractivity contribution is -0.0403. The number of nitrogens with zero attached hydrogens (tertiary/aromatic N) is 1. The predicted molar refractivity (Wildman–Crippen MR) is 75.8 cm³/mol. The van der Waals surface area contributed by atoms with Gasteiger partial charge in [0.05, 0.1) is 19.3 Å². The van der Waals surface area contributed by atoms with E-state index >= 15 is 0 Å². The van der Waals surface area contributed by atoms with Crippen molar-refractivity contribution < 1.29 is 9.47 Å². The number of ether oxygens (including phenoxy) is 2. The van der Waals surface area contributed by atoms with Crippen LogP contribution in [0.1, 0.15) is 18.1 Å². The largest absolute Gasteiger partial charge is 0.380 e. The molecule has 0 saturated carbocycles. The summed E-state index contributed by atoms with van der Waals surface area (Å²) >= 11 is 0. The third-order valence-electron chi connectivity index (χ3n) is 3.50. The van der Waals surface area contributed by atoms with E-state index in [1.807, 2.05) is 6.92 Å². The third kappa shape index (κ3) is 4.28. The maximum Gasteiger partial charge on any atom is 0.0850 e. The van der Waals surface area contributed by atoms with Gasteiger partial charge in [0.2, 0.25) is 0 Å². The summed E-state index contributed by atoms with van der Waals surface area (Å²) in [5.74, 6) is 0. The molecule has 1 aromatic rings. The molecule has 0 spiro atoms. The standard InChI is InChI=1S/C15H24N2O2/c1-12(16)15-10-17(7-8-19-15)9-13-3-5-14(6-4-13)11-18-2/h3-6,12,15H,7-11,16H2,1-2H3. The number of benzene rings is 1. The zero-order valence-corrected chi connectivity index (χ0v) is 11.8. The highest BCUT2D eigenvalue weighted by Crippen LogP contribution is 2.13. The van der Waals surface area contributed by atoms with Gasteiger partial charge >= 0.3 is 0 Å². The van der Waals surface area contributed by atoms with E-state index in [1.165, 1.54) is 11.1 Å². The van der Waals surface area contributed by atoms with E-state index in [0.717, 1.165) is 26.2 Å². The van der Waals surface area contributed by atoms with Crippen LogP contribution in [0.15, 0.2) is 24.3 Å². The van der Waals surface area contributed by atoms with E-state index in [-0.39, 0.29) is 12.1 Å². The van der Waals surface area contributed by atoms with E-state index in [4.69, 9.17) is 15.2 Å². The monoisotopic (exact) mass is 264 g/mol. The maximum absolute atomic E-state index is 5.91. The SMILES string of the molecule is COCc1ccc(CN2CCOC(C(C)N)C2)cc1. The molecule has 1 fully saturated rings. The molecule has 1 heterocycles. The van der Waals surface area contributed by atoms with Crippen LogP contribution in [-0.2, 0) is 22.6 Å². The molecule has 0 aliphatic carbocycles. The summed E-state index contributed by atoms with van der Waals surface area (Å²) in [6.45, 7) is 6.30. The van der Waals surface area contributed by atoms with Gasteiger partial charge < -0.3 is 15.2 Å². The Balaban J connectivity index is 1.89. The number of nitrogens with two attached hydrogens (primary N) is 1. The molecule has 4 heteroatoms. The van der Waals surface area contributed by atoms with Crippen LogP contribution in [0.2, 0.25) is 0 Å². The Morgan fingerprint density at radius 3 is 2.68 bits per heavy atom. The van der Waals surface area contributed by atoms with Gasteiger partial charge in [-0.15, -0.1) is 0 Å². The summed E-state index contributed by atoms with van der Waals surface area (Å²) < 4.78 is 10.8. The second-order valence-electron chi connectivity index (χ2n) is 5.25. The van der Waals surface area contributed by atoms with Crippen molar-refractivity contribution in [2.45, 2.75) is 32.2 Å². The highest BCUT2D eigenvalue weighted by molar-refractivity contribution is 5.22.